The molecule has 1 aliphatic rings. The van der Waals surface area contributed by atoms with Crippen molar-refractivity contribution in [2.45, 2.75) is 37.6 Å². The number of carbonyl (C=O) groups is 1. The van der Waals surface area contributed by atoms with E-state index in [-0.39, 0.29) is 46.0 Å². The van der Waals surface area contributed by atoms with Gasteiger partial charge in [0.25, 0.3) is 5.91 Å². The smallest absolute Gasteiger partial charge is 0.255 e. The molecule has 1 atom stereocenters. The van der Waals surface area contributed by atoms with Crippen molar-refractivity contribution < 1.29 is 17.9 Å². The fourth-order valence-electron chi connectivity index (χ4n) is 3.20. The number of ether oxygens (including phenoxy) is 1. The lowest BCUT2D eigenvalue weighted by molar-refractivity contribution is 0.0938. The molecule has 26 heavy (non-hydrogen) atoms. The topological polar surface area (TPSA) is 102 Å². The highest BCUT2D eigenvalue weighted by Crippen LogP contribution is 2.29. The number of nitrogen functional groups attached to an aromatic ring is 1. The monoisotopic (exact) mass is 405 g/mol. The molecule has 1 saturated heterocycles. The molecule has 1 fully saturated rings. The van der Waals surface area contributed by atoms with Crippen molar-refractivity contribution in [1.29, 1.82) is 0 Å². The molecule has 2 rings (SSSR count). The van der Waals surface area contributed by atoms with E-state index in [0.29, 0.717) is 12.6 Å². The van der Waals surface area contributed by atoms with Crippen molar-refractivity contribution >= 4 is 33.8 Å². The van der Waals surface area contributed by atoms with Crippen molar-refractivity contribution in [3.05, 3.63) is 17.7 Å². The maximum absolute atomic E-state index is 12.6. The number of halogens is 1. The van der Waals surface area contributed by atoms with Gasteiger partial charge in [-0.25, -0.2) is 8.42 Å². The fraction of sp³-hybridized carbons (Fsp3) is 0.588. The summed E-state index contributed by atoms with van der Waals surface area (Å²) in [4.78, 5) is 14.9. The molecule has 0 bridgehead atoms. The summed E-state index contributed by atoms with van der Waals surface area (Å²) in [5, 5.41) is 2.90. The van der Waals surface area contributed by atoms with Crippen LogP contribution in [0, 0.1) is 0 Å². The van der Waals surface area contributed by atoms with Gasteiger partial charge in [-0.2, -0.15) is 0 Å². The average Bonchev–Trinajstić information content (AvgIpc) is 3.06. The zero-order valence-corrected chi connectivity index (χ0v) is 17.1. The van der Waals surface area contributed by atoms with Crippen molar-refractivity contribution in [3.63, 3.8) is 0 Å². The Labute approximate surface area is 161 Å². The Kier molecular flexibility index (Phi) is 8.17. The van der Waals surface area contributed by atoms with Gasteiger partial charge in [0, 0.05) is 18.7 Å². The molecule has 1 aromatic rings. The third-order valence-corrected chi connectivity index (χ3v) is 6.48. The maximum atomic E-state index is 12.6. The predicted octanol–water partition coefficient (Wildman–Crippen LogP) is 1.71. The number of amides is 1. The largest absolute Gasteiger partial charge is 0.496 e. The number of benzene rings is 1. The van der Waals surface area contributed by atoms with Crippen LogP contribution in [0.4, 0.5) is 5.69 Å². The second-order valence-corrected chi connectivity index (χ2v) is 8.38. The summed E-state index contributed by atoms with van der Waals surface area (Å²) in [6.07, 6.45) is 2.17. The minimum Gasteiger partial charge on any atom is -0.496 e. The minimum atomic E-state index is -3.52. The van der Waals surface area contributed by atoms with Crippen LogP contribution in [0.15, 0.2) is 17.0 Å². The second kappa shape index (κ2) is 9.43. The number of nitrogens with zero attached hydrogens (tertiary/aromatic N) is 1. The highest BCUT2D eigenvalue weighted by Gasteiger charge is 2.25. The summed E-state index contributed by atoms with van der Waals surface area (Å²) in [5.41, 5.74) is 6.11. The van der Waals surface area contributed by atoms with E-state index in [4.69, 9.17) is 10.5 Å². The lowest BCUT2D eigenvalue weighted by Gasteiger charge is -2.23. The van der Waals surface area contributed by atoms with E-state index in [1.54, 1.807) is 0 Å². The highest BCUT2D eigenvalue weighted by atomic mass is 35.5. The lowest BCUT2D eigenvalue weighted by atomic mass is 10.1. The van der Waals surface area contributed by atoms with Gasteiger partial charge in [-0.1, -0.05) is 13.8 Å². The number of hydrogen-bond acceptors (Lipinski definition) is 6. The molecule has 0 unspecified atom stereocenters. The van der Waals surface area contributed by atoms with Gasteiger partial charge in [-0.15, -0.1) is 12.4 Å². The van der Waals surface area contributed by atoms with Crippen LogP contribution in [0.25, 0.3) is 0 Å². The summed E-state index contributed by atoms with van der Waals surface area (Å²) in [6.45, 7) is 6.16. The molecule has 7 nitrogen and oxygen atoms in total. The molecule has 3 N–H and O–H groups in total. The second-order valence-electron chi connectivity index (χ2n) is 6.13. The number of anilines is 1. The highest BCUT2D eigenvalue weighted by molar-refractivity contribution is 7.91. The Morgan fingerprint density at radius 2 is 2.08 bits per heavy atom. The summed E-state index contributed by atoms with van der Waals surface area (Å²) in [5.74, 6) is -0.172. The Balaban J connectivity index is 0.00000338. The van der Waals surface area contributed by atoms with Crippen LogP contribution in [0.1, 0.15) is 37.0 Å². The van der Waals surface area contributed by atoms with Gasteiger partial charge >= 0.3 is 0 Å². The molecule has 1 amide bonds. The van der Waals surface area contributed by atoms with Crippen LogP contribution >= 0.6 is 12.4 Å². The normalized spacial score (nSPS) is 17.6. The van der Waals surface area contributed by atoms with E-state index in [1.807, 2.05) is 0 Å². The molecule has 9 heteroatoms. The number of nitrogens with one attached hydrogen (secondary N) is 1. The van der Waals surface area contributed by atoms with Gasteiger partial charge in [0.05, 0.1) is 29.0 Å². The molecule has 0 saturated carbocycles. The molecular formula is C17H28ClN3O4S. The number of carbonyl (C=O) groups excluding carboxylic acids is 1. The maximum Gasteiger partial charge on any atom is 0.255 e. The number of methoxy groups -OCH3 is 1. The number of likely N-dealkylation sites (N-methyl/N-ethyl adjacent to an activating group) is 1. The van der Waals surface area contributed by atoms with Gasteiger partial charge in [0.2, 0.25) is 0 Å². The molecule has 1 aliphatic heterocycles. The Bertz CT molecular complexity index is 740. The standard InChI is InChI=1S/C17H27N3O4S.ClH/c1-4-20-8-6-7-12(20)11-19-17(21)13-9-16(25(22,23)5-2)14(18)10-15(13)24-3;/h9-10,12H,4-8,11,18H2,1-3H3,(H,19,21);1H/t12-;/m0./s1. The van der Waals surface area contributed by atoms with Crippen LogP contribution in [0.3, 0.4) is 0 Å². The van der Waals surface area contributed by atoms with Gasteiger partial charge in [0.15, 0.2) is 9.84 Å². The minimum absolute atomic E-state index is 0. The van der Waals surface area contributed by atoms with Gasteiger partial charge in [-0.3, -0.25) is 9.69 Å². The molecule has 0 spiro atoms. The SMILES string of the molecule is CCN1CCC[C@H]1CNC(=O)c1cc(S(=O)(=O)CC)c(N)cc1OC.Cl. The Morgan fingerprint density at radius 1 is 1.38 bits per heavy atom. The molecular weight excluding hydrogens is 378 g/mol. The average molecular weight is 406 g/mol. The summed E-state index contributed by atoms with van der Waals surface area (Å²) in [7, 11) is -2.10. The quantitative estimate of drug-likeness (QED) is 0.669. The van der Waals surface area contributed by atoms with E-state index in [1.165, 1.54) is 26.2 Å². The van der Waals surface area contributed by atoms with E-state index in [2.05, 4.69) is 17.1 Å². The number of sulfone groups is 1. The third kappa shape index (κ3) is 4.81. The van der Waals surface area contributed by atoms with Crippen molar-refractivity contribution in [3.8, 4) is 5.75 Å². The first-order valence-electron chi connectivity index (χ1n) is 8.56. The number of hydrogen-bond donors (Lipinski definition) is 2. The third-order valence-electron chi connectivity index (χ3n) is 4.70. The molecule has 0 radical (unpaired) electrons. The summed E-state index contributed by atoms with van der Waals surface area (Å²) >= 11 is 0. The number of rotatable bonds is 7. The van der Waals surface area contributed by atoms with E-state index < -0.39 is 9.84 Å². The first kappa shape index (κ1) is 22.5. The lowest BCUT2D eigenvalue weighted by Crippen LogP contribution is -2.40. The van der Waals surface area contributed by atoms with Crippen LogP contribution < -0.4 is 15.8 Å². The number of nitrogens with two attached hydrogens (primary N) is 1. The predicted molar refractivity (Wildman–Crippen MR) is 105 cm³/mol. The molecule has 0 aliphatic carbocycles. The van der Waals surface area contributed by atoms with Crippen molar-refractivity contribution in [1.82, 2.24) is 10.2 Å². The molecule has 148 valence electrons. The van der Waals surface area contributed by atoms with Gasteiger partial charge in [0.1, 0.15) is 5.75 Å². The first-order valence-corrected chi connectivity index (χ1v) is 10.2. The molecule has 1 aromatic carbocycles. The zero-order chi connectivity index (χ0) is 18.6. The van der Waals surface area contributed by atoms with E-state index in [0.717, 1.165) is 25.9 Å². The summed E-state index contributed by atoms with van der Waals surface area (Å²) in [6, 6.07) is 3.02. The van der Waals surface area contributed by atoms with Crippen LogP contribution in [-0.4, -0.2) is 57.8 Å². The van der Waals surface area contributed by atoms with Crippen LogP contribution in [-0.2, 0) is 9.84 Å². The van der Waals surface area contributed by atoms with Gasteiger partial charge < -0.3 is 15.8 Å². The van der Waals surface area contributed by atoms with Gasteiger partial charge in [-0.05, 0) is 32.0 Å². The molecule has 0 aromatic heterocycles. The van der Waals surface area contributed by atoms with E-state index in [9.17, 15) is 13.2 Å². The van der Waals surface area contributed by atoms with Crippen LogP contribution in [0.5, 0.6) is 5.75 Å². The number of likely N-dealkylation sites (tertiary alicyclic amines) is 1. The van der Waals surface area contributed by atoms with Crippen LogP contribution in [0.2, 0.25) is 0 Å². The van der Waals surface area contributed by atoms with Crippen molar-refractivity contribution in [2.75, 3.05) is 38.2 Å². The summed E-state index contributed by atoms with van der Waals surface area (Å²) < 4.78 is 29.6. The zero-order valence-electron chi connectivity index (χ0n) is 15.4. The first-order chi connectivity index (χ1) is 11.8. The molecule has 1 heterocycles. The Morgan fingerprint density at radius 3 is 2.65 bits per heavy atom. The van der Waals surface area contributed by atoms with Crippen molar-refractivity contribution in [2.24, 2.45) is 0 Å². The van der Waals surface area contributed by atoms with E-state index >= 15 is 0 Å². The Hall–Kier alpha value is -1.51. The fourth-order valence-corrected chi connectivity index (χ4v) is 4.22.